The van der Waals surface area contributed by atoms with Crippen LogP contribution >= 0.6 is 23.2 Å². The van der Waals surface area contributed by atoms with Crippen molar-refractivity contribution in [3.8, 4) is 11.5 Å². The average molecular weight is 537 g/mol. The van der Waals surface area contributed by atoms with Crippen LogP contribution in [-0.4, -0.2) is 28.5 Å². The molecule has 6 nitrogen and oxygen atoms in total. The molecule has 0 spiro atoms. The molecule has 2 N–H and O–H groups in total. The van der Waals surface area contributed by atoms with Gasteiger partial charge in [0.25, 0.3) is 11.7 Å². The number of benzene rings is 3. The second-order valence-corrected chi connectivity index (χ2v) is 8.60. The van der Waals surface area contributed by atoms with Crippen LogP contribution in [0.5, 0.6) is 11.5 Å². The summed E-state index contributed by atoms with van der Waals surface area (Å²) < 4.78 is 49.1. The molecule has 0 aliphatic rings. The van der Waals surface area contributed by atoms with Crippen LogP contribution in [0.3, 0.4) is 0 Å². The van der Waals surface area contributed by atoms with Crippen LogP contribution in [-0.2, 0) is 17.5 Å². The van der Waals surface area contributed by atoms with Gasteiger partial charge < -0.3 is 19.7 Å². The summed E-state index contributed by atoms with van der Waals surface area (Å²) in [5.41, 5.74) is -1.76. The highest BCUT2D eigenvalue weighted by Gasteiger charge is 2.42. The summed E-state index contributed by atoms with van der Waals surface area (Å²) in [5.74, 6) is -2.59. The molecule has 4 aromatic rings. The number of phenolic OH excluding ortho intramolecular Hbond substituents is 1. The zero-order valence-corrected chi connectivity index (χ0v) is 20.0. The molecular weight excluding hydrogens is 520 g/mol. The number of hydrogen-bond donors (Lipinski definition) is 2. The number of methoxy groups -OCH3 is 1. The Morgan fingerprint density at radius 3 is 2.33 bits per heavy atom. The Hall–Kier alpha value is -3.69. The molecular formula is C25H17Cl2F3N2O4. The fraction of sp³-hybridized carbons (Fsp3) is 0.120. The minimum absolute atomic E-state index is 0.0215. The number of alkyl halides is 3. The van der Waals surface area contributed by atoms with Crippen molar-refractivity contribution in [3.63, 3.8) is 0 Å². The van der Waals surface area contributed by atoms with Gasteiger partial charge in [-0.1, -0.05) is 29.3 Å². The topological polar surface area (TPSA) is 80.6 Å². The van der Waals surface area contributed by atoms with E-state index < -0.39 is 29.1 Å². The van der Waals surface area contributed by atoms with Gasteiger partial charge in [-0.25, -0.2) is 0 Å². The lowest BCUT2D eigenvalue weighted by atomic mass is 10.0. The number of ketones is 1. The molecule has 0 unspecified atom stereocenters. The number of ether oxygens (including phenoxy) is 1. The van der Waals surface area contributed by atoms with E-state index in [4.69, 9.17) is 27.9 Å². The molecule has 0 aliphatic heterocycles. The molecule has 0 aliphatic carbocycles. The number of fused-ring (bicyclic) bond motifs is 1. The Bertz CT molecular complexity index is 1480. The summed E-state index contributed by atoms with van der Waals surface area (Å²) >= 11 is 12.1. The lowest BCUT2D eigenvalue weighted by Gasteiger charge is -2.15. The van der Waals surface area contributed by atoms with E-state index in [0.717, 1.165) is 10.6 Å². The molecule has 1 heterocycles. The third kappa shape index (κ3) is 4.98. The minimum Gasteiger partial charge on any atom is -0.508 e. The highest BCUT2D eigenvalue weighted by Crippen LogP contribution is 2.40. The van der Waals surface area contributed by atoms with Crippen molar-refractivity contribution in [2.45, 2.75) is 12.7 Å². The van der Waals surface area contributed by atoms with Crippen LogP contribution in [0.2, 0.25) is 10.0 Å². The third-order valence-corrected chi connectivity index (χ3v) is 6.03. The smallest absolute Gasteiger partial charge is 0.432 e. The number of nitrogens with zero attached hydrogens (tertiary/aromatic N) is 1. The molecule has 11 heteroatoms. The molecule has 1 amide bonds. The number of anilines is 1. The Morgan fingerprint density at radius 1 is 1.03 bits per heavy atom. The molecule has 0 saturated heterocycles. The number of aromatic nitrogens is 1. The predicted octanol–water partition coefficient (Wildman–Crippen LogP) is 6.55. The number of nitrogens with one attached hydrogen (secondary N) is 1. The lowest BCUT2D eigenvalue weighted by Crippen LogP contribution is -2.26. The Balaban J connectivity index is 1.86. The normalized spacial score (nSPS) is 11.5. The van der Waals surface area contributed by atoms with Crippen LogP contribution in [0.1, 0.15) is 21.6 Å². The van der Waals surface area contributed by atoms with Crippen molar-refractivity contribution < 1.29 is 32.6 Å². The largest absolute Gasteiger partial charge is 0.508 e. The maximum atomic E-state index is 14.4. The maximum Gasteiger partial charge on any atom is 0.432 e. The van der Waals surface area contributed by atoms with E-state index in [9.17, 15) is 27.9 Å². The van der Waals surface area contributed by atoms with Gasteiger partial charge in [-0.2, -0.15) is 13.2 Å². The van der Waals surface area contributed by atoms with Crippen molar-refractivity contribution in [2.75, 3.05) is 12.4 Å². The van der Waals surface area contributed by atoms with E-state index in [1.807, 2.05) is 0 Å². The molecule has 3 aromatic carbocycles. The van der Waals surface area contributed by atoms with Crippen LogP contribution in [0, 0.1) is 0 Å². The number of carbonyl (C=O) groups excluding carboxylic acids is 2. The van der Waals surface area contributed by atoms with Crippen molar-refractivity contribution in [3.05, 3.63) is 87.5 Å². The number of rotatable bonds is 6. The molecule has 0 bridgehead atoms. The monoisotopic (exact) mass is 536 g/mol. The number of halogens is 5. The second-order valence-electron chi connectivity index (χ2n) is 7.76. The first-order valence-corrected chi connectivity index (χ1v) is 11.1. The van der Waals surface area contributed by atoms with Crippen molar-refractivity contribution in [1.82, 2.24) is 4.57 Å². The molecule has 0 fully saturated rings. The number of Topliss-reactive ketones (excluding diaryl/α,β-unsaturated/α-hetero) is 1. The van der Waals surface area contributed by atoms with Crippen LogP contribution in [0.25, 0.3) is 10.9 Å². The minimum atomic E-state index is -5.03. The summed E-state index contributed by atoms with van der Waals surface area (Å²) in [6, 6.07) is 13.7. The standard InChI is InChI=1S/C25H17Cl2F3N2O4/c1-36-17-7-4-15(5-8-17)31-24(35)22(34)21-18-11-16(33)6-9-20(18)32(23(21)25(28,29)30)12-13-2-3-14(26)10-19(13)27/h2-11,33H,12H2,1H3,(H,31,35). The molecule has 4 rings (SSSR count). The summed E-state index contributed by atoms with van der Waals surface area (Å²) in [7, 11) is 1.44. The number of amides is 1. The molecule has 0 radical (unpaired) electrons. The number of hydrogen-bond acceptors (Lipinski definition) is 4. The Kier molecular flexibility index (Phi) is 6.88. The second kappa shape index (κ2) is 9.75. The Morgan fingerprint density at radius 2 is 1.72 bits per heavy atom. The van der Waals surface area contributed by atoms with E-state index in [1.54, 1.807) is 0 Å². The highest BCUT2D eigenvalue weighted by molar-refractivity contribution is 6.48. The summed E-state index contributed by atoms with van der Waals surface area (Å²) in [4.78, 5) is 25.9. The Labute approximate surface area is 212 Å². The first-order chi connectivity index (χ1) is 17.0. The molecule has 36 heavy (non-hydrogen) atoms. The quantitative estimate of drug-likeness (QED) is 0.216. The average Bonchev–Trinajstić information content (AvgIpc) is 3.14. The van der Waals surface area contributed by atoms with Gasteiger partial charge >= 0.3 is 6.18 Å². The van der Waals surface area contributed by atoms with Gasteiger partial charge in [-0.15, -0.1) is 0 Å². The van der Waals surface area contributed by atoms with Crippen LogP contribution < -0.4 is 10.1 Å². The number of phenols is 1. The van der Waals surface area contributed by atoms with Crippen molar-refractivity contribution in [2.24, 2.45) is 0 Å². The third-order valence-electron chi connectivity index (χ3n) is 5.44. The van der Waals surface area contributed by atoms with Gasteiger partial charge in [0.2, 0.25) is 0 Å². The zero-order valence-electron chi connectivity index (χ0n) is 18.5. The summed E-state index contributed by atoms with van der Waals surface area (Å²) in [6.07, 6.45) is -5.03. The fourth-order valence-electron chi connectivity index (χ4n) is 3.83. The van der Waals surface area contributed by atoms with Gasteiger partial charge in [0.15, 0.2) is 0 Å². The van der Waals surface area contributed by atoms with Gasteiger partial charge in [0.1, 0.15) is 17.2 Å². The van der Waals surface area contributed by atoms with Crippen molar-refractivity contribution >= 4 is 51.5 Å². The van der Waals surface area contributed by atoms with Gasteiger partial charge in [0, 0.05) is 33.2 Å². The lowest BCUT2D eigenvalue weighted by molar-refractivity contribution is -0.143. The van der Waals surface area contributed by atoms with E-state index in [-0.39, 0.29) is 33.9 Å². The van der Waals surface area contributed by atoms with Gasteiger partial charge in [0.05, 0.1) is 12.7 Å². The van der Waals surface area contributed by atoms with Crippen molar-refractivity contribution in [1.29, 1.82) is 0 Å². The predicted molar refractivity (Wildman–Crippen MR) is 130 cm³/mol. The molecule has 0 saturated carbocycles. The summed E-state index contributed by atoms with van der Waals surface area (Å²) in [5, 5.41) is 12.5. The summed E-state index contributed by atoms with van der Waals surface area (Å²) in [6.45, 7) is -0.375. The first-order valence-electron chi connectivity index (χ1n) is 10.4. The SMILES string of the molecule is COc1ccc(NC(=O)C(=O)c2c(C(F)(F)F)n(Cc3ccc(Cl)cc3Cl)c3ccc(O)cc23)cc1. The van der Waals surface area contributed by atoms with Crippen LogP contribution in [0.4, 0.5) is 18.9 Å². The zero-order chi connectivity index (χ0) is 26.2. The van der Waals surface area contributed by atoms with E-state index in [1.165, 1.54) is 61.7 Å². The molecule has 1 aromatic heterocycles. The van der Waals surface area contributed by atoms with Gasteiger partial charge in [-0.3, -0.25) is 9.59 Å². The number of aromatic hydroxyl groups is 1. The molecule has 186 valence electrons. The van der Waals surface area contributed by atoms with Gasteiger partial charge in [-0.05, 0) is 60.2 Å². The van der Waals surface area contributed by atoms with E-state index in [0.29, 0.717) is 16.3 Å². The maximum absolute atomic E-state index is 14.4. The van der Waals surface area contributed by atoms with Crippen LogP contribution in [0.15, 0.2) is 60.7 Å². The number of carbonyl (C=O) groups is 2. The first kappa shape index (κ1) is 25.4. The fourth-order valence-corrected chi connectivity index (χ4v) is 4.30. The highest BCUT2D eigenvalue weighted by atomic mass is 35.5. The van der Waals surface area contributed by atoms with E-state index >= 15 is 0 Å². The molecule has 0 atom stereocenters. The van der Waals surface area contributed by atoms with E-state index in [2.05, 4.69) is 5.32 Å².